The molecule has 0 aliphatic carbocycles. The van der Waals surface area contributed by atoms with E-state index < -0.39 is 16.9 Å². The molecule has 0 spiro atoms. The lowest BCUT2D eigenvalue weighted by Crippen LogP contribution is -2.25. The summed E-state index contributed by atoms with van der Waals surface area (Å²) in [4.78, 5) is 21.1. The molecule has 1 rings (SSSR count). The van der Waals surface area contributed by atoms with Crippen LogP contribution < -0.4 is 10.1 Å². The lowest BCUT2D eigenvalue weighted by Gasteiger charge is -2.14. The van der Waals surface area contributed by atoms with Gasteiger partial charge >= 0.3 is 11.7 Å². The maximum atomic E-state index is 10.9. The zero-order valence-corrected chi connectivity index (χ0v) is 10.9. The second-order valence-corrected chi connectivity index (χ2v) is 4.31. The molecule has 0 amide bonds. The minimum absolute atomic E-state index is 0.114. The molecule has 1 unspecified atom stereocenters. The normalized spacial score (nSPS) is 12.0. The van der Waals surface area contributed by atoms with Crippen LogP contribution in [0.5, 0.6) is 5.75 Å². The Balaban J connectivity index is 3.03. The summed E-state index contributed by atoms with van der Waals surface area (Å²) in [5, 5.41) is 22.4. The zero-order valence-electron chi connectivity index (χ0n) is 10.9. The molecule has 0 radical (unpaired) electrons. The molecule has 0 saturated heterocycles. The van der Waals surface area contributed by atoms with Crippen molar-refractivity contribution in [3.8, 4) is 5.75 Å². The van der Waals surface area contributed by atoms with Gasteiger partial charge in [0.1, 0.15) is 6.04 Å². The van der Waals surface area contributed by atoms with Crippen molar-refractivity contribution in [3.05, 3.63) is 28.3 Å². The maximum absolute atomic E-state index is 10.9. The van der Waals surface area contributed by atoms with Crippen LogP contribution in [0.25, 0.3) is 0 Å². The molecule has 1 aromatic rings. The Morgan fingerprint density at radius 3 is 2.53 bits per heavy atom. The smallest absolute Gasteiger partial charge is 0.325 e. The van der Waals surface area contributed by atoms with Crippen molar-refractivity contribution in [3.63, 3.8) is 0 Å². The minimum Gasteiger partial charge on any atom is -0.484 e. The summed E-state index contributed by atoms with van der Waals surface area (Å²) >= 11 is 0. The van der Waals surface area contributed by atoms with Gasteiger partial charge in [-0.25, -0.2) is 0 Å². The highest BCUT2D eigenvalue weighted by molar-refractivity contribution is 5.77. The molecule has 0 heterocycles. The average Bonchev–Trinajstić information content (AvgIpc) is 2.27. The van der Waals surface area contributed by atoms with Crippen LogP contribution in [-0.2, 0) is 4.79 Å². The van der Waals surface area contributed by atoms with Crippen molar-refractivity contribution < 1.29 is 19.6 Å². The van der Waals surface area contributed by atoms with E-state index in [1.807, 2.05) is 0 Å². The van der Waals surface area contributed by atoms with E-state index in [1.165, 1.54) is 25.1 Å². The molecule has 0 aromatic heterocycles. The van der Waals surface area contributed by atoms with Crippen molar-refractivity contribution in [1.82, 2.24) is 0 Å². The molecular weight excluding hydrogens is 252 g/mol. The number of rotatable bonds is 6. The summed E-state index contributed by atoms with van der Waals surface area (Å²) < 4.78 is 5.36. The van der Waals surface area contributed by atoms with E-state index in [0.29, 0.717) is 5.69 Å². The van der Waals surface area contributed by atoms with Crippen LogP contribution in [-0.4, -0.2) is 28.1 Å². The average molecular weight is 268 g/mol. The molecule has 1 atom stereocenters. The predicted octanol–water partition coefficient (Wildman–Crippen LogP) is 2.27. The van der Waals surface area contributed by atoms with Crippen LogP contribution in [0.15, 0.2) is 18.2 Å². The van der Waals surface area contributed by atoms with E-state index in [2.05, 4.69) is 5.32 Å². The fourth-order valence-corrected chi connectivity index (χ4v) is 1.41. The molecule has 1 aromatic carbocycles. The summed E-state index contributed by atoms with van der Waals surface area (Å²) in [6, 6.07) is 3.37. The molecule has 0 aliphatic rings. The van der Waals surface area contributed by atoms with Crippen molar-refractivity contribution in [2.24, 2.45) is 0 Å². The molecule has 0 fully saturated rings. The number of nitrogens with zero attached hydrogens (tertiary/aromatic N) is 1. The quantitative estimate of drug-likeness (QED) is 0.606. The second kappa shape index (κ2) is 6.03. The standard InChI is InChI=1S/C12H16N2O5/c1-7(2)19-11-6-9(13-8(3)12(15)16)4-5-10(11)14(17)18/h4-8,13H,1-3H3,(H,15,16). The van der Waals surface area contributed by atoms with Crippen LogP contribution in [0.4, 0.5) is 11.4 Å². The Hall–Kier alpha value is -2.31. The summed E-state index contributed by atoms with van der Waals surface area (Å²) in [5.74, 6) is -0.896. The number of hydrogen-bond donors (Lipinski definition) is 2. The van der Waals surface area contributed by atoms with Gasteiger partial charge in [0.15, 0.2) is 5.75 Å². The summed E-state index contributed by atoms with van der Waals surface area (Å²) in [5.41, 5.74) is 0.304. The third-order valence-corrected chi connectivity index (χ3v) is 2.27. The SMILES string of the molecule is CC(C)Oc1cc(NC(C)C(=O)O)ccc1[N+](=O)[O-]. The fraction of sp³-hybridized carbons (Fsp3) is 0.417. The van der Waals surface area contributed by atoms with Crippen LogP contribution in [0.2, 0.25) is 0 Å². The molecule has 0 aliphatic heterocycles. The van der Waals surface area contributed by atoms with Gasteiger partial charge in [-0.2, -0.15) is 0 Å². The minimum atomic E-state index is -1.01. The van der Waals surface area contributed by atoms with E-state index in [9.17, 15) is 14.9 Å². The van der Waals surface area contributed by atoms with E-state index in [0.717, 1.165) is 0 Å². The number of anilines is 1. The van der Waals surface area contributed by atoms with Crippen LogP contribution in [0.3, 0.4) is 0 Å². The van der Waals surface area contributed by atoms with Gasteiger partial charge in [0.2, 0.25) is 0 Å². The first-order valence-corrected chi connectivity index (χ1v) is 5.75. The first-order valence-electron chi connectivity index (χ1n) is 5.75. The van der Waals surface area contributed by atoms with Crippen LogP contribution in [0.1, 0.15) is 20.8 Å². The van der Waals surface area contributed by atoms with Crippen molar-refractivity contribution in [1.29, 1.82) is 0 Å². The Bertz CT molecular complexity index is 487. The van der Waals surface area contributed by atoms with E-state index in [-0.39, 0.29) is 17.5 Å². The van der Waals surface area contributed by atoms with Crippen LogP contribution in [0, 0.1) is 10.1 Å². The number of carboxylic acids is 1. The van der Waals surface area contributed by atoms with Gasteiger partial charge in [-0.1, -0.05) is 0 Å². The fourth-order valence-electron chi connectivity index (χ4n) is 1.41. The predicted molar refractivity (Wildman–Crippen MR) is 69.6 cm³/mol. The van der Waals surface area contributed by atoms with Crippen LogP contribution >= 0.6 is 0 Å². The number of ether oxygens (including phenoxy) is 1. The van der Waals surface area contributed by atoms with Gasteiger partial charge in [0, 0.05) is 17.8 Å². The highest BCUT2D eigenvalue weighted by Crippen LogP contribution is 2.31. The van der Waals surface area contributed by atoms with Gasteiger partial charge in [0.05, 0.1) is 11.0 Å². The molecule has 19 heavy (non-hydrogen) atoms. The third kappa shape index (κ3) is 4.13. The second-order valence-electron chi connectivity index (χ2n) is 4.31. The number of benzene rings is 1. The van der Waals surface area contributed by atoms with Crippen molar-refractivity contribution in [2.45, 2.75) is 32.9 Å². The lowest BCUT2D eigenvalue weighted by atomic mass is 10.2. The molecule has 7 heteroatoms. The van der Waals surface area contributed by atoms with Gasteiger partial charge in [-0.3, -0.25) is 14.9 Å². The molecule has 0 saturated carbocycles. The number of hydrogen-bond acceptors (Lipinski definition) is 5. The van der Waals surface area contributed by atoms with Crippen molar-refractivity contribution >= 4 is 17.3 Å². The number of nitrogens with one attached hydrogen (secondary N) is 1. The van der Waals surface area contributed by atoms with E-state index in [4.69, 9.17) is 9.84 Å². The Labute approximate surface area is 110 Å². The highest BCUT2D eigenvalue weighted by Gasteiger charge is 2.18. The largest absolute Gasteiger partial charge is 0.484 e. The summed E-state index contributed by atoms with van der Waals surface area (Å²) in [6.07, 6.45) is -0.217. The van der Waals surface area contributed by atoms with Crippen molar-refractivity contribution in [2.75, 3.05) is 5.32 Å². The number of nitro benzene ring substituents is 1. The Morgan fingerprint density at radius 2 is 2.05 bits per heavy atom. The van der Waals surface area contributed by atoms with Gasteiger partial charge in [-0.05, 0) is 26.8 Å². The first-order chi connectivity index (χ1) is 8.81. The zero-order chi connectivity index (χ0) is 14.6. The molecule has 104 valence electrons. The topological polar surface area (TPSA) is 102 Å². The molecule has 7 nitrogen and oxygen atoms in total. The monoisotopic (exact) mass is 268 g/mol. The lowest BCUT2D eigenvalue weighted by molar-refractivity contribution is -0.386. The van der Waals surface area contributed by atoms with E-state index in [1.54, 1.807) is 13.8 Å². The molecular formula is C12H16N2O5. The van der Waals surface area contributed by atoms with E-state index >= 15 is 0 Å². The number of aliphatic carboxylic acids is 1. The highest BCUT2D eigenvalue weighted by atomic mass is 16.6. The third-order valence-electron chi connectivity index (χ3n) is 2.27. The number of carboxylic acid groups (broad SMARTS) is 1. The van der Waals surface area contributed by atoms with Gasteiger partial charge in [-0.15, -0.1) is 0 Å². The first kappa shape index (κ1) is 14.7. The summed E-state index contributed by atoms with van der Waals surface area (Å²) in [6.45, 7) is 4.99. The number of nitro groups is 1. The summed E-state index contributed by atoms with van der Waals surface area (Å²) in [7, 11) is 0. The van der Waals surface area contributed by atoms with Gasteiger partial charge < -0.3 is 15.2 Å². The Morgan fingerprint density at radius 1 is 1.42 bits per heavy atom. The Kier molecular flexibility index (Phi) is 4.68. The molecule has 2 N–H and O–H groups in total. The molecule has 0 bridgehead atoms. The maximum Gasteiger partial charge on any atom is 0.325 e. The van der Waals surface area contributed by atoms with Gasteiger partial charge in [0.25, 0.3) is 0 Å². The number of carbonyl (C=O) groups is 1.